The molecule has 2 atom stereocenters. The van der Waals surface area contributed by atoms with E-state index in [-0.39, 0.29) is 11.6 Å². The fraction of sp³-hybridized carbons (Fsp3) is 0.467. The van der Waals surface area contributed by atoms with Crippen molar-refractivity contribution in [2.24, 2.45) is 11.3 Å². The van der Waals surface area contributed by atoms with Crippen molar-refractivity contribution in [3.05, 3.63) is 29.8 Å². The Morgan fingerprint density at radius 2 is 2.11 bits per heavy atom. The van der Waals surface area contributed by atoms with Crippen LogP contribution >= 0.6 is 0 Å². The van der Waals surface area contributed by atoms with Crippen LogP contribution in [0, 0.1) is 11.3 Å². The zero-order chi connectivity index (χ0) is 12.8. The molecule has 0 N–H and O–H groups in total. The molecule has 2 aliphatic rings. The van der Waals surface area contributed by atoms with Crippen molar-refractivity contribution in [1.29, 1.82) is 0 Å². The summed E-state index contributed by atoms with van der Waals surface area (Å²) < 4.78 is 5.34. The Kier molecular flexibility index (Phi) is 2.51. The minimum absolute atomic E-state index is 0.0121. The van der Waals surface area contributed by atoms with Gasteiger partial charge in [0.05, 0.1) is 12.0 Å². The number of Topliss-reactive ketones (excluding diaryl/α,β-unsaturated/α-hetero) is 2. The van der Waals surface area contributed by atoms with Gasteiger partial charge in [-0.3, -0.25) is 9.59 Å². The first-order chi connectivity index (χ1) is 8.68. The van der Waals surface area contributed by atoms with Gasteiger partial charge in [0.15, 0.2) is 5.78 Å². The van der Waals surface area contributed by atoms with Gasteiger partial charge in [-0.2, -0.15) is 0 Å². The van der Waals surface area contributed by atoms with Gasteiger partial charge in [-0.25, -0.2) is 0 Å². The third kappa shape index (κ3) is 1.50. The van der Waals surface area contributed by atoms with Crippen LogP contribution in [0.4, 0.5) is 0 Å². The normalized spacial score (nSPS) is 28.9. The number of benzene rings is 1. The lowest BCUT2D eigenvalue weighted by atomic mass is 9.91. The van der Waals surface area contributed by atoms with E-state index in [1.54, 1.807) is 24.3 Å². The predicted molar refractivity (Wildman–Crippen MR) is 66.7 cm³/mol. The molecule has 2 saturated carbocycles. The second-order valence-electron chi connectivity index (χ2n) is 5.12. The molecular formula is C15H16O3. The van der Waals surface area contributed by atoms with Gasteiger partial charge in [0, 0.05) is 12.0 Å². The molecule has 1 aromatic carbocycles. The Labute approximate surface area is 106 Å². The molecule has 0 unspecified atom stereocenters. The van der Waals surface area contributed by atoms with E-state index in [4.69, 9.17) is 4.74 Å². The SMILES string of the molecule is CCOc1ccc(C(=O)[C@@]23C[C@@H]2CCC3=O)cc1. The maximum atomic E-state index is 12.4. The number of carbonyl (C=O) groups is 2. The van der Waals surface area contributed by atoms with Gasteiger partial charge < -0.3 is 4.74 Å². The van der Waals surface area contributed by atoms with E-state index in [1.165, 1.54) is 0 Å². The Hall–Kier alpha value is -1.64. The summed E-state index contributed by atoms with van der Waals surface area (Å²) in [6.07, 6.45) is 2.23. The topological polar surface area (TPSA) is 43.4 Å². The lowest BCUT2D eigenvalue weighted by Crippen LogP contribution is -2.24. The largest absolute Gasteiger partial charge is 0.494 e. The number of fused-ring (bicyclic) bond motifs is 1. The summed E-state index contributed by atoms with van der Waals surface area (Å²) in [5.41, 5.74) is -0.0103. The standard InChI is InChI=1S/C15H16O3/c1-2-18-12-6-3-10(4-7-12)14(17)15-9-11(15)5-8-13(15)16/h3-4,6-7,11H,2,5,8-9H2,1H3/t11-,15-/m0/s1. The molecule has 0 radical (unpaired) electrons. The molecule has 2 aliphatic carbocycles. The van der Waals surface area contributed by atoms with Crippen molar-refractivity contribution in [2.75, 3.05) is 6.61 Å². The molecule has 3 nitrogen and oxygen atoms in total. The smallest absolute Gasteiger partial charge is 0.176 e. The fourth-order valence-electron chi connectivity index (χ4n) is 3.08. The number of carbonyl (C=O) groups excluding carboxylic acids is 2. The molecule has 94 valence electrons. The molecule has 0 spiro atoms. The number of rotatable bonds is 4. The summed E-state index contributed by atoms with van der Waals surface area (Å²) in [6.45, 7) is 2.53. The zero-order valence-corrected chi connectivity index (χ0v) is 10.4. The number of ether oxygens (including phenoxy) is 1. The summed E-state index contributed by atoms with van der Waals surface area (Å²) in [6, 6.07) is 7.13. The minimum Gasteiger partial charge on any atom is -0.494 e. The molecule has 0 bridgehead atoms. The molecule has 3 heteroatoms. The van der Waals surface area contributed by atoms with Gasteiger partial charge in [0.2, 0.25) is 0 Å². The summed E-state index contributed by atoms with van der Waals surface area (Å²) >= 11 is 0. The maximum absolute atomic E-state index is 12.4. The first kappa shape index (κ1) is 11.5. The Morgan fingerprint density at radius 1 is 1.39 bits per heavy atom. The van der Waals surface area contributed by atoms with Gasteiger partial charge >= 0.3 is 0 Å². The zero-order valence-electron chi connectivity index (χ0n) is 10.4. The van der Waals surface area contributed by atoms with Gasteiger partial charge in [0.1, 0.15) is 11.5 Å². The van der Waals surface area contributed by atoms with Crippen molar-refractivity contribution in [1.82, 2.24) is 0 Å². The van der Waals surface area contributed by atoms with Gasteiger partial charge in [-0.05, 0) is 49.9 Å². The van der Waals surface area contributed by atoms with Crippen molar-refractivity contribution in [3.8, 4) is 5.75 Å². The monoisotopic (exact) mass is 244 g/mol. The predicted octanol–water partition coefficient (Wildman–Crippen LogP) is 2.64. The van der Waals surface area contributed by atoms with Crippen LogP contribution in [0.3, 0.4) is 0 Å². The number of hydrogen-bond acceptors (Lipinski definition) is 3. The Morgan fingerprint density at radius 3 is 2.61 bits per heavy atom. The van der Waals surface area contributed by atoms with Crippen molar-refractivity contribution >= 4 is 11.6 Å². The van der Waals surface area contributed by atoms with E-state index < -0.39 is 5.41 Å². The van der Waals surface area contributed by atoms with Gasteiger partial charge in [-0.15, -0.1) is 0 Å². The van der Waals surface area contributed by atoms with E-state index in [0.29, 0.717) is 24.5 Å². The molecule has 0 heterocycles. The highest BCUT2D eigenvalue weighted by molar-refractivity contribution is 6.18. The van der Waals surface area contributed by atoms with E-state index in [9.17, 15) is 9.59 Å². The third-order valence-corrected chi connectivity index (χ3v) is 4.16. The molecule has 3 rings (SSSR count). The highest BCUT2D eigenvalue weighted by atomic mass is 16.5. The lowest BCUT2D eigenvalue weighted by Gasteiger charge is -2.10. The van der Waals surface area contributed by atoms with Crippen LogP contribution in [0.5, 0.6) is 5.75 Å². The van der Waals surface area contributed by atoms with Gasteiger partial charge in [-0.1, -0.05) is 0 Å². The molecule has 18 heavy (non-hydrogen) atoms. The van der Waals surface area contributed by atoms with E-state index in [0.717, 1.165) is 18.6 Å². The maximum Gasteiger partial charge on any atom is 0.176 e. The Bertz CT molecular complexity index is 503. The number of hydrogen-bond donors (Lipinski definition) is 0. The van der Waals surface area contributed by atoms with Crippen molar-refractivity contribution in [2.45, 2.75) is 26.2 Å². The third-order valence-electron chi connectivity index (χ3n) is 4.16. The van der Waals surface area contributed by atoms with E-state index >= 15 is 0 Å². The van der Waals surface area contributed by atoms with Crippen LogP contribution in [0.2, 0.25) is 0 Å². The van der Waals surface area contributed by atoms with Crippen LogP contribution in [-0.4, -0.2) is 18.2 Å². The summed E-state index contributed by atoms with van der Waals surface area (Å²) in [5.74, 6) is 1.23. The Balaban J connectivity index is 1.83. The highest BCUT2D eigenvalue weighted by Crippen LogP contribution is 2.62. The average molecular weight is 244 g/mol. The summed E-state index contributed by atoms with van der Waals surface area (Å²) in [4.78, 5) is 24.3. The average Bonchev–Trinajstić information content (AvgIpc) is 3.04. The first-order valence-electron chi connectivity index (χ1n) is 6.49. The molecule has 0 aromatic heterocycles. The second-order valence-corrected chi connectivity index (χ2v) is 5.12. The van der Waals surface area contributed by atoms with Crippen LogP contribution in [-0.2, 0) is 4.79 Å². The lowest BCUT2D eigenvalue weighted by molar-refractivity contribution is -0.121. The van der Waals surface area contributed by atoms with Crippen molar-refractivity contribution < 1.29 is 14.3 Å². The molecular weight excluding hydrogens is 228 g/mol. The fourth-order valence-corrected chi connectivity index (χ4v) is 3.08. The highest BCUT2D eigenvalue weighted by Gasteiger charge is 2.67. The summed E-state index contributed by atoms with van der Waals surface area (Å²) in [5, 5.41) is 0. The van der Waals surface area contributed by atoms with E-state index in [2.05, 4.69) is 0 Å². The molecule has 0 aliphatic heterocycles. The second kappa shape index (κ2) is 3.94. The molecule has 2 fully saturated rings. The van der Waals surface area contributed by atoms with E-state index in [1.807, 2.05) is 6.92 Å². The minimum atomic E-state index is -0.646. The van der Waals surface area contributed by atoms with Crippen LogP contribution in [0.15, 0.2) is 24.3 Å². The first-order valence-corrected chi connectivity index (χ1v) is 6.49. The van der Waals surface area contributed by atoms with Crippen LogP contribution < -0.4 is 4.74 Å². The number of ketones is 2. The molecule has 0 saturated heterocycles. The molecule has 0 amide bonds. The van der Waals surface area contributed by atoms with Gasteiger partial charge in [0.25, 0.3) is 0 Å². The van der Waals surface area contributed by atoms with Crippen LogP contribution in [0.1, 0.15) is 36.5 Å². The quantitative estimate of drug-likeness (QED) is 0.604. The van der Waals surface area contributed by atoms with Crippen molar-refractivity contribution in [3.63, 3.8) is 0 Å². The summed E-state index contributed by atoms with van der Waals surface area (Å²) in [7, 11) is 0. The molecule has 1 aromatic rings. The van der Waals surface area contributed by atoms with Crippen LogP contribution in [0.25, 0.3) is 0 Å².